The Morgan fingerprint density at radius 3 is 2.67 bits per heavy atom. The van der Waals surface area contributed by atoms with Crippen molar-refractivity contribution in [1.29, 1.82) is 0 Å². The second kappa shape index (κ2) is 7.16. The molecule has 0 amide bonds. The van der Waals surface area contributed by atoms with E-state index in [0.29, 0.717) is 6.54 Å². The molecule has 21 heavy (non-hydrogen) atoms. The van der Waals surface area contributed by atoms with E-state index in [1.165, 1.54) is 7.11 Å². The van der Waals surface area contributed by atoms with Gasteiger partial charge >= 0.3 is 5.97 Å². The van der Waals surface area contributed by atoms with E-state index in [2.05, 4.69) is 11.2 Å². The molecule has 0 spiro atoms. The Labute approximate surface area is 125 Å². The van der Waals surface area contributed by atoms with Crippen molar-refractivity contribution in [2.24, 2.45) is 0 Å². The van der Waals surface area contributed by atoms with Gasteiger partial charge in [-0.05, 0) is 29.3 Å². The molecule has 0 heterocycles. The summed E-state index contributed by atoms with van der Waals surface area (Å²) in [5.74, 6) is 2.37. The van der Waals surface area contributed by atoms with Crippen molar-refractivity contribution >= 4 is 11.7 Å². The highest BCUT2D eigenvalue weighted by Crippen LogP contribution is 2.15. The Morgan fingerprint density at radius 2 is 1.95 bits per heavy atom. The molecule has 0 unspecified atom stereocenters. The van der Waals surface area contributed by atoms with Gasteiger partial charge in [-0.2, -0.15) is 0 Å². The highest BCUT2D eigenvalue weighted by atomic mass is 16.5. The van der Waals surface area contributed by atoms with Crippen LogP contribution in [-0.2, 0) is 22.5 Å². The SMILES string of the molecule is C#Cc1cccc(NCc2ccccc2CC(=O)OC)c1. The number of hydrogen-bond donors (Lipinski definition) is 1. The molecule has 0 fully saturated rings. The molecular weight excluding hydrogens is 262 g/mol. The Balaban J connectivity index is 2.09. The van der Waals surface area contributed by atoms with Gasteiger partial charge in [0.2, 0.25) is 0 Å². The van der Waals surface area contributed by atoms with Gasteiger partial charge in [0.1, 0.15) is 0 Å². The summed E-state index contributed by atoms with van der Waals surface area (Å²) in [4.78, 5) is 11.4. The van der Waals surface area contributed by atoms with Crippen LogP contribution in [0.4, 0.5) is 5.69 Å². The molecule has 2 rings (SSSR count). The first-order chi connectivity index (χ1) is 10.2. The molecule has 0 aliphatic rings. The zero-order valence-corrected chi connectivity index (χ0v) is 11.9. The maximum atomic E-state index is 11.4. The molecule has 0 aromatic heterocycles. The second-order valence-electron chi connectivity index (χ2n) is 4.60. The average Bonchev–Trinajstić information content (AvgIpc) is 2.54. The van der Waals surface area contributed by atoms with E-state index in [4.69, 9.17) is 11.2 Å². The minimum absolute atomic E-state index is 0.239. The lowest BCUT2D eigenvalue weighted by Crippen LogP contribution is -2.09. The number of carbonyl (C=O) groups is 1. The van der Waals surface area contributed by atoms with Crippen LogP contribution in [-0.4, -0.2) is 13.1 Å². The number of hydrogen-bond acceptors (Lipinski definition) is 3. The van der Waals surface area contributed by atoms with Gasteiger partial charge in [-0.3, -0.25) is 4.79 Å². The van der Waals surface area contributed by atoms with Crippen LogP contribution < -0.4 is 5.32 Å². The quantitative estimate of drug-likeness (QED) is 0.675. The maximum Gasteiger partial charge on any atom is 0.309 e. The second-order valence-corrected chi connectivity index (χ2v) is 4.60. The third kappa shape index (κ3) is 4.12. The minimum Gasteiger partial charge on any atom is -0.469 e. The van der Waals surface area contributed by atoms with Crippen molar-refractivity contribution in [2.45, 2.75) is 13.0 Å². The van der Waals surface area contributed by atoms with Crippen LogP contribution in [0.2, 0.25) is 0 Å². The van der Waals surface area contributed by atoms with Gasteiger partial charge < -0.3 is 10.1 Å². The van der Waals surface area contributed by atoms with E-state index in [9.17, 15) is 4.79 Å². The van der Waals surface area contributed by atoms with Crippen LogP contribution in [0.25, 0.3) is 0 Å². The summed E-state index contributed by atoms with van der Waals surface area (Å²) in [5.41, 5.74) is 3.82. The van der Waals surface area contributed by atoms with Gasteiger partial charge in [0.05, 0.1) is 13.5 Å². The lowest BCUT2D eigenvalue weighted by Gasteiger charge is -2.11. The summed E-state index contributed by atoms with van der Waals surface area (Å²) in [5, 5.41) is 3.32. The largest absolute Gasteiger partial charge is 0.469 e. The highest BCUT2D eigenvalue weighted by molar-refractivity contribution is 5.73. The summed E-state index contributed by atoms with van der Waals surface area (Å²) in [6.07, 6.45) is 5.67. The minimum atomic E-state index is -0.239. The fourth-order valence-electron chi connectivity index (χ4n) is 2.05. The first-order valence-electron chi connectivity index (χ1n) is 6.67. The number of esters is 1. The molecular formula is C18H17NO2. The zero-order chi connectivity index (χ0) is 15.1. The van der Waals surface area contributed by atoms with E-state index >= 15 is 0 Å². The first-order valence-corrected chi connectivity index (χ1v) is 6.67. The predicted octanol–water partition coefficient (Wildman–Crippen LogP) is 3.00. The molecule has 3 heteroatoms. The molecule has 0 atom stereocenters. The molecule has 1 N–H and O–H groups in total. The number of nitrogens with one attached hydrogen (secondary N) is 1. The van der Waals surface area contributed by atoms with E-state index in [0.717, 1.165) is 22.4 Å². The van der Waals surface area contributed by atoms with Gasteiger partial charge in [0.15, 0.2) is 0 Å². The van der Waals surface area contributed by atoms with Gasteiger partial charge in [-0.15, -0.1) is 6.42 Å². The van der Waals surface area contributed by atoms with Gasteiger partial charge in [0.25, 0.3) is 0 Å². The number of anilines is 1. The molecule has 2 aromatic carbocycles. The molecule has 0 saturated heterocycles. The Hall–Kier alpha value is -2.73. The van der Waals surface area contributed by atoms with Crippen molar-refractivity contribution in [1.82, 2.24) is 0 Å². The first kappa shape index (κ1) is 14.7. The molecule has 2 aromatic rings. The van der Waals surface area contributed by atoms with Gasteiger partial charge in [-0.25, -0.2) is 0 Å². The topological polar surface area (TPSA) is 38.3 Å². The molecule has 3 nitrogen and oxygen atoms in total. The van der Waals surface area contributed by atoms with Crippen molar-refractivity contribution < 1.29 is 9.53 Å². The van der Waals surface area contributed by atoms with Crippen molar-refractivity contribution in [2.75, 3.05) is 12.4 Å². The van der Waals surface area contributed by atoms with Crippen LogP contribution in [0, 0.1) is 12.3 Å². The summed E-state index contributed by atoms with van der Waals surface area (Å²) in [6.45, 7) is 0.626. The lowest BCUT2D eigenvalue weighted by atomic mass is 10.0. The molecule has 0 aliphatic heterocycles. The third-order valence-electron chi connectivity index (χ3n) is 3.19. The molecule has 0 aliphatic carbocycles. The van der Waals surface area contributed by atoms with Gasteiger partial charge in [-0.1, -0.05) is 36.3 Å². The molecule has 0 bridgehead atoms. The number of methoxy groups -OCH3 is 1. The number of terminal acetylenes is 1. The Bertz CT molecular complexity index is 671. The van der Waals surface area contributed by atoms with Crippen LogP contribution in [0.1, 0.15) is 16.7 Å². The lowest BCUT2D eigenvalue weighted by molar-refractivity contribution is -0.139. The van der Waals surface area contributed by atoms with Crippen LogP contribution in [0.3, 0.4) is 0 Å². The van der Waals surface area contributed by atoms with Crippen LogP contribution in [0.5, 0.6) is 0 Å². The van der Waals surface area contributed by atoms with Crippen molar-refractivity contribution in [3.8, 4) is 12.3 Å². The third-order valence-corrected chi connectivity index (χ3v) is 3.19. The normalized spacial score (nSPS) is 9.71. The summed E-state index contributed by atoms with van der Waals surface area (Å²) in [7, 11) is 1.40. The number of benzene rings is 2. The van der Waals surface area contributed by atoms with Gasteiger partial charge in [0, 0.05) is 17.8 Å². The van der Waals surface area contributed by atoms with E-state index in [-0.39, 0.29) is 12.4 Å². The van der Waals surface area contributed by atoms with Crippen molar-refractivity contribution in [3.63, 3.8) is 0 Å². The maximum absolute atomic E-state index is 11.4. The molecule has 106 valence electrons. The number of rotatable bonds is 5. The molecule has 0 saturated carbocycles. The summed E-state index contributed by atoms with van der Waals surface area (Å²) in [6, 6.07) is 15.5. The Kier molecular flexibility index (Phi) is 5.00. The standard InChI is InChI=1S/C18H17NO2/c1-3-14-7-6-10-17(11-14)19-13-16-9-5-4-8-15(16)12-18(20)21-2/h1,4-11,19H,12-13H2,2H3. The zero-order valence-electron chi connectivity index (χ0n) is 11.9. The average molecular weight is 279 g/mol. The molecule has 0 radical (unpaired) electrons. The predicted molar refractivity (Wildman–Crippen MR) is 83.9 cm³/mol. The smallest absolute Gasteiger partial charge is 0.309 e. The fraction of sp³-hybridized carbons (Fsp3) is 0.167. The monoisotopic (exact) mass is 279 g/mol. The van der Waals surface area contributed by atoms with Crippen LogP contribution in [0.15, 0.2) is 48.5 Å². The Morgan fingerprint density at radius 1 is 1.19 bits per heavy atom. The highest BCUT2D eigenvalue weighted by Gasteiger charge is 2.07. The van der Waals surface area contributed by atoms with E-state index in [1.807, 2.05) is 48.5 Å². The number of carbonyl (C=O) groups excluding carboxylic acids is 1. The van der Waals surface area contributed by atoms with E-state index in [1.54, 1.807) is 0 Å². The fourth-order valence-corrected chi connectivity index (χ4v) is 2.05. The van der Waals surface area contributed by atoms with E-state index < -0.39 is 0 Å². The van der Waals surface area contributed by atoms with Crippen molar-refractivity contribution in [3.05, 3.63) is 65.2 Å². The van der Waals surface area contributed by atoms with Crippen LogP contribution >= 0.6 is 0 Å². The number of ether oxygens (including phenoxy) is 1. The summed E-state index contributed by atoms with van der Waals surface area (Å²) < 4.78 is 4.72. The summed E-state index contributed by atoms with van der Waals surface area (Å²) >= 11 is 0.